The molecule has 160 valence electrons. The number of ether oxygens (including phenoxy) is 1. The Morgan fingerprint density at radius 1 is 1.03 bits per heavy atom. The number of phenols is 1. The van der Waals surface area contributed by atoms with E-state index in [4.69, 9.17) is 4.74 Å². The van der Waals surface area contributed by atoms with Crippen LogP contribution in [0.5, 0.6) is 11.5 Å². The van der Waals surface area contributed by atoms with E-state index < -0.39 is 15.9 Å². The quantitative estimate of drug-likeness (QED) is 0.435. The second-order valence-electron chi connectivity index (χ2n) is 6.43. The fraction of sp³-hybridized carbons (Fsp3) is 0.0909. The van der Waals surface area contributed by atoms with Crippen LogP contribution in [0.15, 0.2) is 82.8 Å². The van der Waals surface area contributed by atoms with E-state index in [0.717, 1.165) is 4.31 Å². The van der Waals surface area contributed by atoms with Crippen LogP contribution in [0.3, 0.4) is 0 Å². The second kappa shape index (κ2) is 9.31. The maximum absolute atomic E-state index is 12.7. The van der Waals surface area contributed by atoms with Crippen molar-refractivity contribution in [1.82, 2.24) is 5.43 Å². The first-order valence-electron chi connectivity index (χ1n) is 9.18. The molecule has 0 aliphatic carbocycles. The van der Waals surface area contributed by atoms with Crippen LogP contribution in [0.1, 0.15) is 15.9 Å². The second-order valence-corrected chi connectivity index (χ2v) is 8.40. The zero-order valence-corrected chi connectivity index (χ0v) is 17.7. The van der Waals surface area contributed by atoms with Crippen molar-refractivity contribution in [3.05, 3.63) is 83.9 Å². The van der Waals surface area contributed by atoms with Crippen molar-refractivity contribution in [1.29, 1.82) is 0 Å². The van der Waals surface area contributed by atoms with Gasteiger partial charge < -0.3 is 9.84 Å². The van der Waals surface area contributed by atoms with Gasteiger partial charge in [0.05, 0.1) is 23.9 Å². The number of para-hydroxylation sites is 1. The average molecular weight is 439 g/mol. The molecule has 0 atom stereocenters. The Hall–Kier alpha value is -3.85. The molecule has 2 N–H and O–H groups in total. The smallest absolute Gasteiger partial charge is 0.271 e. The maximum Gasteiger partial charge on any atom is 0.271 e. The Kier molecular flexibility index (Phi) is 6.56. The Balaban J connectivity index is 1.69. The van der Waals surface area contributed by atoms with E-state index in [1.807, 2.05) is 0 Å². The summed E-state index contributed by atoms with van der Waals surface area (Å²) in [5.41, 5.74) is 3.44. The lowest BCUT2D eigenvalue weighted by molar-refractivity contribution is 0.0955. The number of carbonyl (C=O) groups excluding carboxylic acids is 1. The van der Waals surface area contributed by atoms with Gasteiger partial charge in [-0.05, 0) is 48.5 Å². The van der Waals surface area contributed by atoms with Gasteiger partial charge in [0, 0.05) is 18.2 Å². The first-order valence-corrected chi connectivity index (χ1v) is 10.6. The van der Waals surface area contributed by atoms with Gasteiger partial charge in [0.2, 0.25) is 0 Å². The van der Waals surface area contributed by atoms with Crippen LogP contribution in [-0.2, 0) is 10.0 Å². The summed E-state index contributed by atoms with van der Waals surface area (Å²) in [6.07, 6.45) is 1.30. The zero-order valence-electron chi connectivity index (χ0n) is 16.9. The summed E-state index contributed by atoms with van der Waals surface area (Å²) in [4.78, 5) is 12.5. The van der Waals surface area contributed by atoms with E-state index in [1.54, 1.807) is 36.4 Å². The number of aromatic hydroxyl groups is 1. The highest BCUT2D eigenvalue weighted by molar-refractivity contribution is 7.92. The number of hydrazone groups is 1. The van der Waals surface area contributed by atoms with Crippen LogP contribution < -0.4 is 14.5 Å². The SMILES string of the molecule is COc1cccc(/C=N/NC(=O)c2ccc(N(C)S(=O)(=O)c3ccccc3)cc2)c1O. The Morgan fingerprint density at radius 2 is 1.71 bits per heavy atom. The fourth-order valence-electron chi connectivity index (χ4n) is 2.75. The molecule has 0 aliphatic heterocycles. The van der Waals surface area contributed by atoms with Crippen LogP contribution in [0.25, 0.3) is 0 Å². The van der Waals surface area contributed by atoms with Gasteiger partial charge in [0.1, 0.15) is 0 Å². The van der Waals surface area contributed by atoms with Gasteiger partial charge in [-0.2, -0.15) is 5.10 Å². The van der Waals surface area contributed by atoms with Crippen molar-refractivity contribution >= 4 is 27.8 Å². The van der Waals surface area contributed by atoms with Gasteiger partial charge in [0.25, 0.3) is 15.9 Å². The number of benzene rings is 3. The minimum absolute atomic E-state index is 0.0879. The van der Waals surface area contributed by atoms with Gasteiger partial charge in [-0.25, -0.2) is 13.8 Å². The third kappa shape index (κ3) is 4.84. The molecule has 9 heteroatoms. The van der Waals surface area contributed by atoms with E-state index in [1.165, 1.54) is 56.8 Å². The van der Waals surface area contributed by atoms with E-state index in [0.29, 0.717) is 22.6 Å². The Morgan fingerprint density at radius 3 is 2.35 bits per heavy atom. The highest BCUT2D eigenvalue weighted by atomic mass is 32.2. The van der Waals surface area contributed by atoms with E-state index in [2.05, 4.69) is 10.5 Å². The van der Waals surface area contributed by atoms with Crippen LogP contribution in [0.2, 0.25) is 0 Å². The van der Waals surface area contributed by atoms with Crippen molar-refractivity contribution < 1.29 is 23.1 Å². The summed E-state index contributed by atoms with van der Waals surface area (Å²) < 4.78 is 31.6. The van der Waals surface area contributed by atoms with Crippen molar-refractivity contribution in [2.24, 2.45) is 5.10 Å². The monoisotopic (exact) mass is 439 g/mol. The van der Waals surface area contributed by atoms with Gasteiger partial charge in [0.15, 0.2) is 11.5 Å². The first kappa shape index (κ1) is 21.8. The summed E-state index contributed by atoms with van der Waals surface area (Å²) in [5, 5.41) is 13.9. The molecule has 0 bridgehead atoms. The van der Waals surface area contributed by atoms with Crippen molar-refractivity contribution in [2.75, 3.05) is 18.5 Å². The standard InChI is InChI=1S/C22H21N3O5S/c1-25(31(28,29)19-8-4-3-5-9-19)18-13-11-16(12-14-18)22(27)24-23-15-17-7-6-10-20(30-2)21(17)26/h3-15,26H,1-2H3,(H,24,27)/b23-15+. The molecule has 0 aliphatic rings. The minimum atomic E-state index is -3.70. The molecule has 0 aromatic heterocycles. The maximum atomic E-state index is 12.7. The normalized spacial score (nSPS) is 11.3. The predicted molar refractivity (Wildman–Crippen MR) is 118 cm³/mol. The molecule has 0 spiro atoms. The van der Waals surface area contributed by atoms with Crippen molar-refractivity contribution in [3.8, 4) is 11.5 Å². The lowest BCUT2D eigenvalue weighted by Gasteiger charge is -2.19. The topological polar surface area (TPSA) is 108 Å². The number of hydrogen-bond acceptors (Lipinski definition) is 6. The highest BCUT2D eigenvalue weighted by Gasteiger charge is 2.21. The molecule has 0 unspecified atom stereocenters. The molecular weight excluding hydrogens is 418 g/mol. The lowest BCUT2D eigenvalue weighted by atomic mass is 10.2. The van der Waals surface area contributed by atoms with Crippen LogP contribution in [-0.4, -0.2) is 39.8 Å². The molecule has 0 heterocycles. The van der Waals surface area contributed by atoms with E-state index >= 15 is 0 Å². The van der Waals surface area contributed by atoms with Gasteiger partial charge >= 0.3 is 0 Å². The molecular formula is C22H21N3O5S. The third-order valence-electron chi connectivity index (χ3n) is 4.51. The number of methoxy groups -OCH3 is 1. The summed E-state index contributed by atoms with van der Waals surface area (Å²) >= 11 is 0. The Labute approximate surface area is 180 Å². The molecule has 3 aromatic carbocycles. The predicted octanol–water partition coefficient (Wildman–Crippen LogP) is 2.99. The molecule has 0 radical (unpaired) electrons. The number of sulfonamides is 1. The molecule has 31 heavy (non-hydrogen) atoms. The van der Waals surface area contributed by atoms with Gasteiger partial charge in [-0.15, -0.1) is 0 Å². The first-order chi connectivity index (χ1) is 14.8. The number of nitrogens with one attached hydrogen (secondary N) is 1. The van der Waals surface area contributed by atoms with Gasteiger partial charge in [-0.1, -0.05) is 24.3 Å². The summed E-state index contributed by atoms with van der Waals surface area (Å²) in [6, 6.07) is 19.1. The van der Waals surface area contributed by atoms with Crippen LogP contribution in [0, 0.1) is 0 Å². The number of rotatable bonds is 7. The zero-order chi connectivity index (χ0) is 22.4. The fourth-order valence-corrected chi connectivity index (χ4v) is 3.96. The average Bonchev–Trinajstić information content (AvgIpc) is 2.80. The largest absolute Gasteiger partial charge is 0.504 e. The number of anilines is 1. The third-order valence-corrected chi connectivity index (χ3v) is 6.31. The molecule has 3 rings (SSSR count). The van der Waals surface area contributed by atoms with Crippen molar-refractivity contribution in [3.63, 3.8) is 0 Å². The number of hydrogen-bond donors (Lipinski definition) is 2. The molecule has 0 fully saturated rings. The summed E-state index contributed by atoms with van der Waals surface area (Å²) in [5.74, 6) is -0.283. The lowest BCUT2D eigenvalue weighted by Crippen LogP contribution is -2.26. The van der Waals surface area contributed by atoms with Gasteiger partial charge in [-0.3, -0.25) is 9.10 Å². The van der Waals surface area contributed by atoms with E-state index in [-0.39, 0.29) is 10.6 Å². The highest BCUT2D eigenvalue weighted by Crippen LogP contribution is 2.28. The number of phenolic OH excluding ortho intramolecular Hbond substituents is 1. The molecule has 1 amide bonds. The number of nitrogens with zero attached hydrogens (tertiary/aromatic N) is 2. The Bertz CT molecular complexity index is 1190. The molecule has 8 nitrogen and oxygen atoms in total. The summed E-state index contributed by atoms with van der Waals surface area (Å²) in [7, 11) is -0.823. The summed E-state index contributed by atoms with van der Waals surface area (Å²) in [6.45, 7) is 0. The number of amides is 1. The number of carbonyl (C=O) groups is 1. The molecule has 3 aromatic rings. The molecule has 0 saturated carbocycles. The van der Waals surface area contributed by atoms with Crippen molar-refractivity contribution in [2.45, 2.75) is 4.90 Å². The van der Waals surface area contributed by atoms with E-state index in [9.17, 15) is 18.3 Å². The molecule has 0 saturated heterocycles. The van der Waals surface area contributed by atoms with Crippen LogP contribution >= 0.6 is 0 Å². The minimum Gasteiger partial charge on any atom is -0.504 e. The van der Waals surface area contributed by atoms with Crippen LogP contribution in [0.4, 0.5) is 5.69 Å².